The Balaban J connectivity index is 2.65. The third-order valence-electron chi connectivity index (χ3n) is 2.76. The van der Waals surface area contributed by atoms with E-state index in [0.29, 0.717) is 13.1 Å². The van der Waals surface area contributed by atoms with E-state index in [1.54, 1.807) is 25.3 Å². The van der Waals surface area contributed by atoms with Gasteiger partial charge in [0.2, 0.25) is 10.0 Å². The summed E-state index contributed by atoms with van der Waals surface area (Å²) in [6, 6.07) is 2.24. The molecule has 1 atom stereocenters. The van der Waals surface area contributed by atoms with Crippen LogP contribution in [-0.2, 0) is 16.6 Å². The van der Waals surface area contributed by atoms with Gasteiger partial charge in [-0.2, -0.15) is 4.31 Å². The average molecular weight is 369 g/mol. The van der Waals surface area contributed by atoms with E-state index in [1.165, 1.54) is 4.31 Å². The van der Waals surface area contributed by atoms with Gasteiger partial charge in [0.1, 0.15) is 0 Å². The summed E-state index contributed by atoms with van der Waals surface area (Å²) in [6.07, 6.45) is 0. The van der Waals surface area contributed by atoms with Crippen molar-refractivity contribution in [3.8, 4) is 0 Å². The highest BCUT2D eigenvalue weighted by atomic mass is 79.9. The number of sulfonamides is 1. The van der Waals surface area contributed by atoms with E-state index < -0.39 is 15.3 Å². The van der Waals surface area contributed by atoms with Gasteiger partial charge in [-0.25, -0.2) is 8.42 Å². The Kier molecular flexibility index (Phi) is 6.46. The molecule has 1 heterocycles. The number of thiophene rings is 1. The average Bonchev–Trinajstić information content (AvgIpc) is 2.71. The van der Waals surface area contributed by atoms with Crippen LogP contribution < -0.4 is 5.32 Å². The standard InChI is InChI=1S/C12H21BrN2O2S2/c1-9(2)14-6-10(3)19(16,17)15(4)7-12-5-11(13)8-18-12/h5,8-10,14H,6-7H2,1-4H3. The smallest absolute Gasteiger partial charge is 0.218 e. The lowest BCUT2D eigenvalue weighted by atomic mass is 10.3. The molecule has 0 bridgehead atoms. The second kappa shape index (κ2) is 7.17. The third-order valence-corrected chi connectivity index (χ3v) is 6.62. The summed E-state index contributed by atoms with van der Waals surface area (Å²) in [5.41, 5.74) is 0. The number of nitrogens with zero attached hydrogens (tertiary/aromatic N) is 1. The molecule has 0 amide bonds. The summed E-state index contributed by atoms with van der Waals surface area (Å²) >= 11 is 4.93. The van der Waals surface area contributed by atoms with Gasteiger partial charge < -0.3 is 5.32 Å². The lowest BCUT2D eigenvalue weighted by Crippen LogP contribution is -2.41. The van der Waals surface area contributed by atoms with Crippen LogP contribution in [0.1, 0.15) is 25.6 Å². The second-order valence-electron chi connectivity index (χ2n) is 4.91. The Morgan fingerprint density at radius 2 is 2.05 bits per heavy atom. The van der Waals surface area contributed by atoms with Crippen LogP contribution in [-0.4, -0.2) is 37.6 Å². The Morgan fingerprint density at radius 3 is 2.53 bits per heavy atom. The normalized spacial score (nSPS) is 14.3. The molecule has 0 radical (unpaired) electrons. The minimum atomic E-state index is -3.26. The van der Waals surface area contributed by atoms with Crippen molar-refractivity contribution in [1.29, 1.82) is 0 Å². The molecule has 4 nitrogen and oxygen atoms in total. The molecule has 0 saturated heterocycles. The van der Waals surface area contributed by atoms with Gasteiger partial charge in [0.05, 0.1) is 5.25 Å². The number of rotatable bonds is 7. The maximum atomic E-state index is 12.3. The monoisotopic (exact) mass is 368 g/mol. The van der Waals surface area contributed by atoms with Crippen molar-refractivity contribution < 1.29 is 8.42 Å². The van der Waals surface area contributed by atoms with E-state index in [1.807, 2.05) is 25.3 Å². The predicted octanol–water partition coefficient (Wildman–Crippen LogP) is 2.66. The lowest BCUT2D eigenvalue weighted by molar-refractivity contribution is 0.453. The summed E-state index contributed by atoms with van der Waals surface area (Å²) in [6.45, 7) is 6.65. The van der Waals surface area contributed by atoms with Crippen molar-refractivity contribution in [2.75, 3.05) is 13.6 Å². The Morgan fingerprint density at radius 1 is 1.42 bits per heavy atom. The molecular formula is C12H21BrN2O2S2. The lowest BCUT2D eigenvalue weighted by Gasteiger charge is -2.22. The highest BCUT2D eigenvalue weighted by Gasteiger charge is 2.26. The van der Waals surface area contributed by atoms with Crippen LogP contribution in [0.2, 0.25) is 0 Å². The summed E-state index contributed by atoms with van der Waals surface area (Å²) in [7, 11) is -1.63. The number of hydrogen-bond donors (Lipinski definition) is 1. The summed E-state index contributed by atoms with van der Waals surface area (Å²) in [5.74, 6) is 0. The first-order chi connectivity index (χ1) is 8.73. The quantitative estimate of drug-likeness (QED) is 0.804. The van der Waals surface area contributed by atoms with Crippen molar-refractivity contribution in [2.24, 2.45) is 0 Å². The fourth-order valence-corrected chi connectivity index (χ4v) is 4.39. The zero-order chi connectivity index (χ0) is 14.6. The second-order valence-corrected chi connectivity index (χ2v) is 9.28. The zero-order valence-electron chi connectivity index (χ0n) is 11.7. The van der Waals surface area contributed by atoms with E-state index in [-0.39, 0.29) is 6.04 Å². The molecule has 1 aromatic rings. The molecule has 7 heteroatoms. The third kappa shape index (κ3) is 5.15. The molecule has 0 aliphatic rings. The minimum absolute atomic E-state index is 0.288. The first kappa shape index (κ1) is 17.1. The molecule has 110 valence electrons. The first-order valence-corrected chi connectivity index (χ1v) is 9.32. The highest BCUT2D eigenvalue weighted by molar-refractivity contribution is 9.10. The molecule has 0 fully saturated rings. The molecule has 19 heavy (non-hydrogen) atoms. The van der Waals surface area contributed by atoms with Crippen molar-refractivity contribution in [3.05, 3.63) is 20.8 Å². The van der Waals surface area contributed by atoms with Gasteiger partial charge >= 0.3 is 0 Å². The molecule has 1 rings (SSSR count). The molecular weight excluding hydrogens is 348 g/mol. The van der Waals surface area contributed by atoms with Crippen molar-refractivity contribution >= 4 is 37.3 Å². The number of nitrogens with one attached hydrogen (secondary N) is 1. The van der Waals surface area contributed by atoms with E-state index >= 15 is 0 Å². The molecule has 0 aliphatic heterocycles. The minimum Gasteiger partial charge on any atom is -0.313 e. The van der Waals surface area contributed by atoms with Crippen LogP contribution in [0.4, 0.5) is 0 Å². The predicted molar refractivity (Wildman–Crippen MR) is 85.0 cm³/mol. The SMILES string of the molecule is CC(C)NCC(C)S(=O)(=O)N(C)Cc1cc(Br)cs1. The Labute approximate surface area is 128 Å². The fraction of sp³-hybridized carbons (Fsp3) is 0.667. The highest BCUT2D eigenvalue weighted by Crippen LogP contribution is 2.22. The maximum absolute atomic E-state index is 12.3. The Hall–Kier alpha value is 0.0500. The van der Waals surface area contributed by atoms with Gasteiger partial charge in [-0.3, -0.25) is 0 Å². The van der Waals surface area contributed by atoms with Gasteiger partial charge in [-0.05, 0) is 28.9 Å². The first-order valence-electron chi connectivity index (χ1n) is 6.15. The van der Waals surface area contributed by atoms with Gasteiger partial charge in [0.25, 0.3) is 0 Å². The molecule has 0 saturated carbocycles. The van der Waals surface area contributed by atoms with Crippen LogP contribution in [0.25, 0.3) is 0 Å². The molecule has 0 aliphatic carbocycles. The topological polar surface area (TPSA) is 49.4 Å². The fourth-order valence-electron chi connectivity index (χ4n) is 1.56. The number of hydrogen-bond acceptors (Lipinski definition) is 4. The maximum Gasteiger partial charge on any atom is 0.218 e. The zero-order valence-corrected chi connectivity index (χ0v) is 14.9. The van der Waals surface area contributed by atoms with Crippen LogP contribution in [0.3, 0.4) is 0 Å². The van der Waals surface area contributed by atoms with E-state index in [9.17, 15) is 8.42 Å². The van der Waals surface area contributed by atoms with Gasteiger partial charge in [-0.1, -0.05) is 13.8 Å². The molecule has 1 unspecified atom stereocenters. The van der Waals surface area contributed by atoms with Crippen molar-refractivity contribution in [2.45, 2.75) is 38.6 Å². The van der Waals surface area contributed by atoms with Gasteiger partial charge in [0, 0.05) is 40.9 Å². The van der Waals surface area contributed by atoms with Crippen LogP contribution in [0, 0.1) is 0 Å². The molecule has 0 spiro atoms. The largest absolute Gasteiger partial charge is 0.313 e. The van der Waals surface area contributed by atoms with E-state index in [2.05, 4.69) is 21.2 Å². The van der Waals surface area contributed by atoms with Crippen LogP contribution in [0.15, 0.2) is 15.9 Å². The molecule has 1 aromatic heterocycles. The molecule has 0 aromatic carbocycles. The van der Waals surface area contributed by atoms with Crippen molar-refractivity contribution in [1.82, 2.24) is 9.62 Å². The summed E-state index contributed by atoms with van der Waals surface area (Å²) in [4.78, 5) is 1.03. The number of halogens is 1. The summed E-state index contributed by atoms with van der Waals surface area (Å²) < 4.78 is 27.1. The van der Waals surface area contributed by atoms with E-state index in [0.717, 1.165) is 9.35 Å². The van der Waals surface area contributed by atoms with Gasteiger partial charge in [0.15, 0.2) is 0 Å². The van der Waals surface area contributed by atoms with Crippen molar-refractivity contribution in [3.63, 3.8) is 0 Å². The van der Waals surface area contributed by atoms with Gasteiger partial charge in [-0.15, -0.1) is 11.3 Å². The molecule has 1 N–H and O–H groups in total. The van der Waals surface area contributed by atoms with Crippen LogP contribution in [0.5, 0.6) is 0 Å². The van der Waals surface area contributed by atoms with E-state index in [4.69, 9.17) is 0 Å². The Bertz CT molecular complexity index is 500. The van der Waals surface area contributed by atoms with Crippen LogP contribution >= 0.6 is 27.3 Å². The summed E-state index contributed by atoms with van der Waals surface area (Å²) in [5, 5.41) is 4.69.